The van der Waals surface area contributed by atoms with Gasteiger partial charge in [0.05, 0.1) is 6.54 Å². The second-order valence-electron chi connectivity index (χ2n) is 5.84. The number of hydrogen-bond donors (Lipinski definition) is 0. The summed E-state index contributed by atoms with van der Waals surface area (Å²) in [5.74, 6) is 2.68. The lowest BCUT2D eigenvalue weighted by atomic mass is 9.78. The van der Waals surface area contributed by atoms with Gasteiger partial charge in [-0.1, -0.05) is 18.0 Å². The van der Waals surface area contributed by atoms with E-state index in [0.29, 0.717) is 5.15 Å². The van der Waals surface area contributed by atoms with Gasteiger partial charge in [-0.25, -0.2) is 9.97 Å². The highest BCUT2D eigenvalue weighted by atomic mass is 35.5. The molecule has 1 saturated heterocycles. The summed E-state index contributed by atoms with van der Waals surface area (Å²) < 4.78 is 0. The maximum absolute atomic E-state index is 5.99. The highest BCUT2D eigenvalue weighted by molar-refractivity contribution is 6.29. The van der Waals surface area contributed by atoms with Gasteiger partial charge in [-0.15, -0.1) is 0 Å². The molecule has 2 bridgehead atoms. The molecule has 2 atom stereocenters. The average Bonchev–Trinajstić information content (AvgIpc) is 2.26. The van der Waals surface area contributed by atoms with Gasteiger partial charge in [0.1, 0.15) is 11.0 Å². The van der Waals surface area contributed by atoms with Crippen molar-refractivity contribution in [3.8, 4) is 0 Å². The lowest BCUT2D eigenvalue weighted by Crippen LogP contribution is -2.42. The Labute approximate surface area is 114 Å². The molecule has 2 aliphatic rings. The van der Waals surface area contributed by atoms with Crippen LogP contribution in [0.2, 0.25) is 5.15 Å². The maximum Gasteiger partial charge on any atom is 0.144 e. The Morgan fingerprint density at radius 1 is 1.28 bits per heavy atom. The fraction of sp³-hybridized carbons (Fsp3) is 0.714. The van der Waals surface area contributed by atoms with Crippen LogP contribution in [0.1, 0.15) is 37.2 Å². The van der Waals surface area contributed by atoms with Crippen molar-refractivity contribution in [2.24, 2.45) is 11.8 Å². The van der Waals surface area contributed by atoms with Crippen LogP contribution in [0.5, 0.6) is 0 Å². The largest absolute Gasteiger partial charge is 0.295 e. The summed E-state index contributed by atoms with van der Waals surface area (Å²) in [5, 5.41) is 0.565. The SMILES string of the molecule is Cc1cc(Cl)nc(CN2CC3CCCC(C3)C2)n1. The van der Waals surface area contributed by atoms with Gasteiger partial charge in [-0.2, -0.15) is 0 Å². The minimum atomic E-state index is 0.565. The number of halogens is 1. The summed E-state index contributed by atoms with van der Waals surface area (Å²) in [6.07, 6.45) is 5.67. The highest BCUT2D eigenvalue weighted by Gasteiger charge is 2.30. The molecule has 18 heavy (non-hydrogen) atoms. The highest BCUT2D eigenvalue weighted by Crippen LogP contribution is 2.34. The van der Waals surface area contributed by atoms with Gasteiger partial charge in [0.15, 0.2) is 0 Å². The lowest BCUT2D eigenvalue weighted by molar-refractivity contribution is 0.0788. The van der Waals surface area contributed by atoms with Crippen LogP contribution >= 0.6 is 11.6 Å². The molecule has 2 heterocycles. The fourth-order valence-electron chi connectivity index (χ4n) is 3.53. The fourth-order valence-corrected chi connectivity index (χ4v) is 3.78. The molecule has 0 spiro atoms. The molecule has 1 aliphatic carbocycles. The summed E-state index contributed by atoms with van der Waals surface area (Å²) in [7, 11) is 0. The van der Waals surface area contributed by atoms with E-state index in [1.165, 1.54) is 38.8 Å². The first-order valence-electron chi connectivity index (χ1n) is 6.91. The number of fused-ring (bicyclic) bond motifs is 2. The quantitative estimate of drug-likeness (QED) is 0.770. The van der Waals surface area contributed by atoms with E-state index in [1.807, 2.05) is 13.0 Å². The summed E-state index contributed by atoms with van der Waals surface area (Å²) >= 11 is 5.99. The Hall–Kier alpha value is -0.670. The third-order valence-electron chi connectivity index (χ3n) is 4.16. The van der Waals surface area contributed by atoms with Crippen LogP contribution in [0.3, 0.4) is 0 Å². The minimum absolute atomic E-state index is 0.565. The van der Waals surface area contributed by atoms with Gasteiger partial charge in [0.2, 0.25) is 0 Å². The monoisotopic (exact) mass is 265 g/mol. The number of nitrogens with zero attached hydrogens (tertiary/aromatic N) is 3. The van der Waals surface area contributed by atoms with Gasteiger partial charge in [0, 0.05) is 18.8 Å². The van der Waals surface area contributed by atoms with Crippen molar-refractivity contribution in [1.82, 2.24) is 14.9 Å². The molecule has 0 aromatic carbocycles. The van der Waals surface area contributed by atoms with Crippen LogP contribution in [0.15, 0.2) is 6.07 Å². The second-order valence-corrected chi connectivity index (χ2v) is 6.23. The smallest absolute Gasteiger partial charge is 0.144 e. The van der Waals surface area contributed by atoms with Crippen molar-refractivity contribution in [3.05, 3.63) is 22.7 Å². The Kier molecular flexibility index (Phi) is 3.53. The van der Waals surface area contributed by atoms with E-state index in [-0.39, 0.29) is 0 Å². The second kappa shape index (κ2) is 5.14. The normalized spacial score (nSPS) is 28.3. The van der Waals surface area contributed by atoms with E-state index >= 15 is 0 Å². The molecule has 0 amide bonds. The van der Waals surface area contributed by atoms with Crippen LogP contribution in [-0.2, 0) is 6.54 Å². The molecule has 4 heteroatoms. The van der Waals surface area contributed by atoms with E-state index < -0.39 is 0 Å². The molecular formula is C14H20ClN3. The molecule has 1 aliphatic heterocycles. The van der Waals surface area contributed by atoms with Gasteiger partial charge < -0.3 is 0 Å². The van der Waals surface area contributed by atoms with Crippen LogP contribution < -0.4 is 0 Å². The molecule has 98 valence electrons. The zero-order chi connectivity index (χ0) is 12.5. The van der Waals surface area contributed by atoms with Crippen LogP contribution in [-0.4, -0.2) is 28.0 Å². The third kappa shape index (κ3) is 2.83. The van der Waals surface area contributed by atoms with E-state index in [1.54, 1.807) is 0 Å². The van der Waals surface area contributed by atoms with Crippen molar-refractivity contribution in [3.63, 3.8) is 0 Å². The summed E-state index contributed by atoms with van der Waals surface area (Å²) in [4.78, 5) is 11.3. The lowest BCUT2D eigenvalue weighted by Gasteiger charge is -2.41. The van der Waals surface area contributed by atoms with Crippen LogP contribution in [0, 0.1) is 18.8 Å². The zero-order valence-corrected chi connectivity index (χ0v) is 11.7. The van der Waals surface area contributed by atoms with E-state index in [0.717, 1.165) is 29.9 Å². The number of aryl methyl sites for hydroxylation is 1. The van der Waals surface area contributed by atoms with Gasteiger partial charge in [0.25, 0.3) is 0 Å². The topological polar surface area (TPSA) is 29.0 Å². The van der Waals surface area contributed by atoms with Gasteiger partial charge >= 0.3 is 0 Å². The predicted molar refractivity (Wildman–Crippen MR) is 72.5 cm³/mol. The zero-order valence-electron chi connectivity index (χ0n) is 10.9. The van der Waals surface area contributed by atoms with Crippen molar-refractivity contribution in [2.45, 2.75) is 39.2 Å². The molecule has 2 unspecified atom stereocenters. The Morgan fingerprint density at radius 2 is 2.00 bits per heavy atom. The molecular weight excluding hydrogens is 246 g/mol. The molecule has 3 rings (SSSR count). The summed E-state index contributed by atoms with van der Waals surface area (Å²) in [5.41, 5.74) is 0.960. The van der Waals surface area contributed by atoms with E-state index in [2.05, 4.69) is 14.9 Å². The van der Waals surface area contributed by atoms with Gasteiger partial charge in [-0.3, -0.25) is 4.90 Å². The van der Waals surface area contributed by atoms with Crippen LogP contribution in [0.4, 0.5) is 0 Å². The number of likely N-dealkylation sites (tertiary alicyclic amines) is 1. The molecule has 2 fully saturated rings. The molecule has 1 aromatic heterocycles. The molecule has 0 radical (unpaired) electrons. The van der Waals surface area contributed by atoms with E-state index in [4.69, 9.17) is 11.6 Å². The minimum Gasteiger partial charge on any atom is -0.295 e. The molecule has 0 N–H and O–H groups in total. The average molecular weight is 266 g/mol. The molecule has 1 saturated carbocycles. The van der Waals surface area contributed by atoms with Gasteiger partial charge in [-0.05, 0) is 44.1 Å². The van der Waals surface area contributed by atoms with Crippen molar-refractivity contribution < 1.29 is 0 Å². The first kappa shape index (κ1) is 12.4. The Bertz CT molecular complexity index is 403. The standard InChI is InChI=1S/C14H20ClN3/c1-10-5-13(15)17-14(16-10)9-18-7-11-3-2-4-12(6-11)8-18/h5,11-12H,2-4,6-9H2,1H3. The molecule has 1 aromatic rings. The summed E-state index contributed by atoms with van der Waals surface area (Å²) in [6, 6.07) is 1.82. The number of piperidine rings is 1. The van der Waals surface area contributed by atoms with Crippen molar-refractivity contribution in [1.29, 1.82) is 0 Å². The third-order valence-corrected chi connectivity index (χ3v) is 4.35. The molecule has 3 nitrogen and oxygen atoms in total. The Morgan fingerprint density at radius 3 is 2.67 bits per heavy atom. The number of rotatable bonds is 2. The van der Waals surface area contributed by atoms with E-state index in [9.17, 15) is 0 Å². The van der Waals surface area contributed by atoms with Crippen molar-refractivity contribution in [2.75, 3.05) is 13.1 Å². The van der Waals surface area contributed by atoms with Crippen molar-refractivity contribution >= 4 is 11.6 Å². The van der Waals surface area contributed by atoms with Crippen LogP contribution in [0.25, 0.3) is 0 Å². The predicted octanol–water partition coefficient (Wildman–Crippen LogP) is 3.06. The Balaban J connectivity index is 1.68. The summed E-state index contributed by atoms with van der Waals surface area (Å²) in [6.45, 7) is 5.26. The first-order valence-corrected chi connectivity index (χ1v) is 7.29. The first-order chi connectivity index (χ1) is 8.69. The number of aromatic nitrogens is 2. The maximum atomic E-state index is 5.99. The number of hydrogen-bond acceptors (Lipinski definition) is 3.